The number of imidazole rings is 1. The van der Waals surface area contributed by atoms with Gasteiger partial charge in [0.05, 0.1) is 33.5 Å². The molecule has 9 heteroatoms. The minimum Gasteiger partial charge on any atom is -0.454 e. The molecule has 0 fully saturated rings. The number of rotatable bonds is 3. The van der Waals surface area contributed by atoms with E-state index in [2.05, 4.69) is 9.97 Å². The number of benzene rings is 2. The first-order chi connectivity index (χ1) is 13.4. The predicted octanol–water partition coefficient (Wildman–Crippen LogP) is 2.69. The molecular formula is C19H16N4O4S. The SMILES string of the molecule is C[S@@](=N)(=O)c1ccc(Cn2c(=O)[nH]c3cnc4c5c(ccc4c32)OCO5)cc1. The van der Waals surface area contributed by atoms with Crippen molar-refractivity contribution in [3.8, 4) is 11.5 Å². The van der Waals surface area contributed by atoms with Crippen LogP contribution >= 0.6 is 0 Å². The largest absolute Gasteiger partial charge is 0.454 e. The molecule has 0 unspecified atom stereocenters. The Hall–Kier alpha value is -3.33. The molecule has 0 saturated heterocycles. The zero-order chi connectivity index (χ0) is 19.5. The Morgan fingerprint density at radius 2 is 2.00 bits per heavy atom. The summed E-state index contributed by atoms with van der Waals surface area (Å²) in [5.74, 6) is 1.22. The van der Waals surface area contributed by atoms with E-state index < -0.39 is 9.73 Å². The van der Waals surface area contributed by atoms with Crippen LogP contribution in [0.15, 0.2) is 52.3 Å². The molecule has 0 radical (unpaired) electrons. The number of hydrogen-bond acceptors (Lipinski definition) is 6. The van der Waals surface area contributed by atoms with Gasteiger partial charge < -0.3 is 14.5 Å². The number of aromatic nitrogens is 3. The molecule has 0 spiro atoms. The van der Waals surface area contributed by atoms with Gasteiger partial charge in [-0.25, -0.2) is 18.8 Å². The number of pyridine rings is 1. The molecule has 0 bridgehead atoms. The highest BCUT2D eigenvalue weighted by molar-refractivity contribution is 7.91. The van der Waals surface area contributed by atoms with Gasteiger partial charge in [0.25, 0.3) is 0 Å². The van der Waals surface area contributed by atoms with Crippen LogP contribution in [0.5, 0.6) is 11.5 Å². The Morgan fingerprint density at radius 3 is 2.75 bits per heavy atom. The van der Waals surface area contributed by atoms with E-state index in [1.807, 2.05) is 12.1 Å². The van der Waals surface area contributed by atoms with Gasteiger partial charge in [-0.05, 0) is 29.8 Å². The van der Waals surface area contributed by atoms with E-state index in [1.54, 1.807) is 35.0 Å². The molecular weight excluding hydrogens is 380 g/mol. The Kier molecular flexibility index (Phi) is 3.50. The Morgan fingerprint density at radius 1 is 1.21 bits per heavy atom. The fourth-order valence-corrected chi connectivity index (χ4v) is 4.12. The van der Waals surface area contributed by atoms with Gasteiger partial charge in [0.1, 0.15) is 5.52 Å². The maximum absolute atomic E-state index is 12.6. The summed E-state index contributed by atoms with van der Waals surface area (Å²) >= 11 is 0. The molecule has 5 rings (SSSR count). The third-order valence-corrected chi connectivity index (χ3v) is 5.99. The van der Waals surface area contributed by atoms with Crippen LogP contribution in [0, 0.1) is 4.78 Å². The van der Waals surface area contributed by atoms with Crippen LogP contribution in [0.2, 0.25) is 0 Å². The molecule has 8 nitrogen and oxygen atoms in total. The lowest BCUT2D eigenvalue weighted by Crippen LogP contribution is -2.17. The van der Waals surface area contributed by atoms with Crippen LogP contribution < -0.4 is 15.2 Å². The first-order valence-electron chi connectivity index (χ1n) is 8.54. The van der Waals surface area contributed by atoms with Crippen molar-refractivity contribution >= 4 is 31.7 Å². The molecule has 0 aliphatic carbocycles. The number of fused-ring (bicyclic) bond motifs is 5. The highest BCUT2D eigenvalue weighted by Gasteiger charge is 2.21. The lowest BCUT2D eigenvalue weighted by molar-refractivity contribution is 0.174. The summed E-state index contributed by atoms with van der Waals surface area (Å²) in [6, 6.07) is 10.6. The second-order valence-electron chi connectivity index (χ2n) is 6.72. The van der Waals surface area contributed by atoms with Gasteiger partial charge in [-0.15, -0.1) is 0 Å². The molecule has 4 aromatic rings. The van der Waals surface area contributed by atoms with E-state index in [0.29, 0.717) is 34.0 Å². The molecule has 28 heavy (non-hydrogen) atoms. The number of ether oxygens (including phenoxy) is 2. The molecule has 2 aromatic carbocycles. The first-order valence-corrected chi connectivity index (χ1v) is 10.5. The zero-order valence-electron chi connectivity index (χ0n) is 14.9. The molecule has 1 aliphatic heterocycles. The molecule has 3 heterocycles. The van der Waals surface area contributed by atoms with Gasteiger partial charge in [-0.2, -0.15) is 0 Å². The van der Waals surface area contributed by atoms with E-state index in [1.165, 1.54) is 6.26 Å². The lowest BCUT2D eigenvalue weighted by atomic mass is 10.1. The molecule has 2 aromatic heterocycles. The Bertz CT molecular complexity index is 1400. The van der Waals surface area contributed by atoms with Crippen molar-refractivity contribution in [2.75, 3.05) is 13.0 Å². The van der Waals surface area contributed by atoms with E-state index in [0.717, 1.165) is 16.5 Å². The normalized spacial score (nSPS) is 15.2. The summed E-state index contributed by atoms with van der Waals surface area (Å²) in [7, 11) is -2.77. The van der Waals surface area contributed by atoms with Crippen LogP contribution in [0.1, 0.15) is 5.56 Å². The maximum Gasteiger partial charge on any atom is 0.326 e. The summed E-state index contributed by atoms with van der Waals surface area (Å²) in [6.45, 7) is 0.479. The van der Waals surface area contributed by atoms with Crippen LogP contribution in [0.3, 0.4) is 0 Å². The van der Waals surface area contributed by atoms with Crippen LogP contribution in [0.25, 0.3) is 21.9 Å². The standard InChI is InChI=1S/C19H16N4O4S/c1-28(20,25)12-4-2-11(3-5-12)9-23-17-13-6-7-15-18(27-10-26-15)16(13)21-8-14(17)22-19(23)24/h2-8,20H,9-10H2,1H3,(H,22,24)/t28-/m1/s1. The Balaban J connectivity index is 1.67. The van der Waals surface area contributed by atoms with Crippen LogP contribution in [-0.4, -0.2) is 31.8 Å². The number of nitrogens with one attached hydrogen (secondary N) is 2. The molecule has 142 valence electrons. The smallest absolute Gasteiger partial charge is 0.326 e. The quantitative estimate of drug-likeness (QED) is 0.553. The third-order valence-electron chi connectivity index (χ3n) is 4.82. The van der Waals surface area contributed by atoms with Crippen molar-refractivity contribution in [2.24, 2.45) is 0 Å². The van der Waals surface area contributed by atoms with Crippen molar-refractivity contribution in [3.63, 3.8) is 0 Å². The van der Waals surface area contributed by atoms with Crippen molar-refractivity contribution in [3.05, 3.63) is 58.6 Å². The van der Waals surface area contributed by atoms with Gasteiger partial charge in [-0.3, -0.25) is 4.57 Å². The van der Waals surface area contributed by atoms with Crippen molar-refractivity contribution < 1.29 is 13.7 Å². The molecule has 1 atom stereocenters. The van der Waals surface area contributed by atoms with Crippen molar-refractivity contribution in [1.82, 2.24) is 14.5 Å². The minimum absolute atomic E-state index is 0.150. The zero-order valence-corrected chi connectivity index (χ0v) is 15.7. The van der Waals surface area contributed by atoms with Crippen LogP contribution in [-0.2, 0) is 16.3 Å². The maximum atomic E-state index is 12.6. The van der Waals surface area contributed by atoms with Gasteiger partial charge in [0.2, 0.25) is 6.79 Å². The third kappa shape index (κ3) is 2.55. The average Bonchev–Trinajstić information content (AvgIpc) is 3.26. The second-order valence-corrected chi connectivity index (χ2v) is 8.88. The summed E-state index contributed by atoms with van der Waals surface area (Å²) < 4.78 is 32.1. The van der Waals surface area contributed by atoms with E-state index >= 15 is 0 Å². The van der Waals surface area contributed by atoms with Gasteiger partial charge >= 0.3 is 5.69 Å². The highest BCUT2D eigenvalue weighted by Crippen LogP contribution is 2.39. The summed E-state index contributed by atoms with van der Waals surface area (Å²) in [5.41, 5.74) is 2.63. The van der Waals surface area contributed by atoms with E-state index in [4.69, 9.17) is 14.3 Å². The number of nitrogens with zero attached hydrogens (tertiary/aromatic N) is 2. The molecule has 0 saturated carbocycles. The average molecular weight is 396 g/mol. The van der Waals surface area contributed by atoms with E-state index in [9.17, 15) is 9.00 Å². The summed E-state index contributed by atoms with van der Waals surface area (Å²) in [5, 5.41) is 0.791. The molecule has 2 N–H and O–H groups in total. The van der Waals surface area contributed by atoms with Crippen LogP contribution in [0.4, 0.5) is 0 Å². The lowest BCUT2D eigenvalue weighted by Gasteiger charge is -2.08. The fraction of sp³-hybridized carbons (Fsp3) is 0.158. The van der Waals surface area contributed by atoms with Gasteiger partial charge in [0.15, 0.2) is 11.5 Å². The van der Waals surface area contributed by atoms with Crippen molar-refractivity contribution in [1.29, 1.82) is 4.78 Å². The summed E-state index contributed by atoms with van der Waals surface area (Å²) in [4.78, 5) is 20.3. The topological polar surface area (TPSA) is 110 Å². The first kappa shape index (κ1) is 16.8. The van der Waals surface area contributed by atoms with Gasteiger partial charge in [0, 0.05) is 16.5 Å². The Labute approximate surface area is 159 Å². The second kappa shape index (κ2) is 5.83. The molecule has 0 amide bonds. The fourth-order valence-electron chi connectivity index (χ4n) is 3.47. The number of H-pyrrole nitrogens is 1. The molecule has 1 aliphatic rings. The summed E-state index contributed by atoms with van der Waals surface area (Å²) in [6.07, 6.45) is 3.00. The van der Waals surface area contributed by atoms with E-state index in [-0.39, 0.29) is 12.5 Å². The monoisotopic (exact) mass is 396 g/mol. The number of aromatic amines is 1. The minimum atomic E-state index is -2.77. The number of hydrogen-bond donors (Lipinski definition) is 2. The van der Waals surface area contributed by atoms with Crippen molar-refractivity contribution in [2.45, 2.75) is 11.4 Å². The predicted molar refractivity (Wildman–Crippen MR) is 105 cm³/mol. The highest BCUT2D eigenvalue weighted by atomic mass is 32.2. The van der Waals surface area contributed by atoms with Gasteiger partial charge in [-0.1, -0.05) is 12.1 Å².